The molecule has 0 radical (unpaired) electrons. The van der Waals surface area contributed by atoms with Gasteiger partial charge in [0.2, 0.25) is 5.91 Å². The molecule has 6 nitrogen and oxygen atoms in total. The van der Waals surface area contributed by atoms with Gasteiger partial charge in [-0.1, -0.05) is 6.92 Å². The van der Waals surface area contributed by atoms with Crippen molar-refractivity contribution in [3.05, 3.63) is 47.2 Å². The molecule has 2 aromatic rings. The van der Waals surface area contributed by atoms with E-state index in [1.165, 1.54) is 20.3 Å². The van der Waals surface area contributed by atoms with Gasteiger partial charge in [0.15, 0.2) is 5.82 Å². The average molecular weight is 391 g/mol. The van der Waals surface area contributed by atoms with Crippen LogP contribution in [0.3, 0.4) is 0 Å². The van der Waals surface area contributed by atoms with E-state index in [2.05, 4.69) is 15.6 Å². The van der Waals surface area contributed by atoms with Crippen molar-refractivity contribution in [3.8, 4) is 5.75 Å². The molecular formula is C20H23F2N3O3. The molecule has 1 aromatic heterocycles. The summed E-state index contributed by atoms with van der Waals surface area (Å²) in [5.74, 6) is -1.10. The van der Waals surface area contributed by atoms with Crippen LogP contribution in [0.25, 0.3) is 0 Å². The van der Waals surface area contributed by atoms with Crippen LogP contribution in [-0.2, 0) is 9.53 Å². The fraction of sp³-hybridized carbons (Fsp3) is 0.400. The molecule has 28 heavy (non-hydrogen) atoms. The van der Waals surface area contributed by atoms with Crippen LogP contribution in [0, 0.1) is 11.6 Å². The topological polar surface area (TPSA) is 72.5 Å². The Hall–Kier alpha value is -2.74. The Morgan fingerprint density at radius 2 is 2.18 bits per heavy atom. The number of methoxy groups -OCH3 is 2. The molecule has 2 heterocycles. The molecule has 1 amide bonds. The largest absolute Gasteiger partial charge is 0.495 e. The minimum Gasteiger partial charge on any atom is -0.495 e. The lowest BCUT2D eigenvalue weighted by atomic mass is 9.90. The zero-order chi connectivity index (χ0) is 20.3. The van der Waals surface area contributed by atoms with E-state index in [1.807, 2.05) is 6.92 Å². The molecule has 0 fully saturated rings. The van der Waals surface area contributed by atoms with Gasteiger partial charge >= 0.3 is 0 Å². The number of amides is 1. The first-order chi connectivity index (χ1) is 13.5. The van der Waals surface area contributed by atoms with Gasteiger partial charge < -0.3 is 20.1 Å². The second kappa shape index (κ2) is 8.52. The molecule has 1 aliphatic heterocycles. The van der Waals surface area contributed by atoms with Crippen molar-refractivity contribution in [2.45, 2.75) is 31.8 Å². The van der Waals surface area contributed by atoms with Crippen molar-refractivity contribution >= 4 is 17.4 Å². The fourth-order valence-corrected chi connectivity index (χ4v) is 3.44. The molecule has 2 N–H and O–H groups in total. The highest BCUT2D eigenvalue weighted by molar-refractivity contribution is 5.90. The predicted molar refractivity (Wildman–Crippen MR) is 102 cm³/mol. The summed E-state index contributed by atoms with van der Waals surface area (Å²) in [6.07, 6.45) is 1.54. The summed E-state index contributed by atoms with van der Waals surface area (Å²) in [4.78, 5) is 16.1. The number of hydrogen-bond acceptors (Lipinski definition) is 5. The first kappa shape index (κ1) is 20.0. The van der Waals surface area contributed by atoms with E-state index < -0.39 is 17.7 Å². The Labute approximate surface area is 162 Å². The van der Waals surface area contributed by atoms with E-state index in [4.69, 9.17) is 9.47 Å². The van der Waals surface area contributed by atoms with Gasteiger partial charge in [0.1, 0.15) is 17.4 Å². The molecule has 0 bridgehead atoms. The minimum absolute atomic E-state index is 0.0631. The smallest absolute Gasteiger partial charge is 0.224 e. The fourth-order valence-electron chi connectivity index (χ4n) is 3.44. The van der Waals surface area contributed by atoms with Crippen LogP contribution in [0.1, 0.15) is 42.9 Å². The quantitative estimate of drug-likeness (QED) is 0.746. The number of halogens is 2. The maximum atomic E-state index is 15.2. The number of anilines is 2. The average Bonchev–Trinajstić information content (AvgIpc) is 3.10. The Balaban J connectivity index is 1.99. The number of aromatic nitrogens is 1. The van der Waals surface area contributed by atoms with Crippen molar-refractivity contribution in [1.82, 2.24) is 4.98 Å². The van der Waals surface area contributed by atoms with Gasteiger partial charge in [-0.15, -0.1) is 0 Å². The van der Waals surface area contributed by atoms with E-state index in [0.29, 0.717) is 24.5 Å². The number of carbonyl (C=O) groups excluding carboxylic acids is 1. The molecule has 0 saturated heterocycles. The molecule has 1 aliphatic rings. The summed E-state index contributed by atoms with van der Waals surface area (Å²) in [5.41, 5.74) is 0.469. The number of nitrogens with one attached hydrogen (secondary N) is 2. The van der Waals surface area contributed by atoms with Gasteiger partial charge in [-0.05, 0) is 24.6 Å². The predicted octanol–water partition coefficient (Wildman–Crippen LogP) is 4.00. The zero-order valence-corrected chi connectivity index (χ0v) is 16.0. The third-order valence-electron chi connectivity index (χ3n) is 4.80. The summed E-state index contributed by atoms with van der Waals surface area (Å²) in [5, 5.41) is 5.63. The van der Waals surface area contributed by atoms with Crippen molar-refractivity contribution < 1.29 is 23.0 Å². The molecule has 2 unspecified atom stereocenters. The molecule has 150 valence electrons. The first-order valence-corrected chi connectivity index (χ1v) is 9.08. The molecule has 0 saturated carbocycles. The number of pyridine rings is 1. The summed E-state index contributed by atoms with van der Waals surface area (Å²) >= 11 is 0. The maximum Gasteiger partial charge on any atom is 0.224 e. The Morgan fingerprint density at radius 1 is 1.39 bits per heavy atom. The van der Waals surface area contributed by atoms with Gasteiger partial charge in [0.05, 0.1) is 30.7 Å². The zero-order valence-electron chi connectivity index (χ0n) is 16.0. The standard InChI is InChI=1S/C20H23F2N3O3/c1-4-5-16(26)25-15-7-6-14(21)17(18(15)22)19(28-3)13-10-24-20-12(13)8-11(27-2)9-23-20/h6-9,13,19H,4-5,10H2,1-3H3,(H,23,24)(H,25,26). The lowest BCUT2D eigenvalue weighted by Gasteiger charge is -2.24. The van der Waals surface area contributed by atoms with E-state index in [0.717, 1.165) is 11.6 Å². The summed E-state index contributed by atoms with van der Waals surface area (Å²) in [6, 6.07) is 4.14. The van der Waals surface area contributed by atoms with E-state index in [-0.39, 0.29) is 29.5 Å². The third-order valence-corrected chi connectivity index (χ3v) is 4.80. The van der Waals surface area contributed by atoms with Gasteiger partial charge in [-0.3, -0.25) is 4.79 Å². The lowest BCUT2D eigenvalue weighted by molar-refractivity contribution is -0.116. The number of carbonyl (C=O) groups is 1. The summed E-state index contributed by atoms with van der Waals surface area (Å²) < 4.78 is 40.5. The Morgan fingerprint density at radius 3 is 2.86 bits per heavy atom. The molecule has 8 heteroatoms. The highest BCUT2D eigenvalue weighted by Gasteiger charge is 2.36. The van der Waals surface area contributed by atoms with Crippen molar-refractivity contribution in [2.75, 3.05) is 31.4 Å². The lowest BCUT2D eigenvalue weighted by Crippen LogP contribution is -2.20. The van der Waals surface area contributed by atoms with Crippen molar-refractivity contribution in [2.24, 2.45) is 0 Å². The molecule has 2 atom stereocenters. The van der Waals surface area contributed by atoms with Crippen LogP contribution >= 0.6 is 0 Å². The second-order valence-corrected chi connectivity index (χ2v) is 6.58. The number of benzene rings is 1. The highest BCUT2D eigenvalue weighted by Crippen LogP contribution is 2.43. The first-order valence-electron chi connectivity index (χ1n) is 9.08. The molecule has 0 spiro atoms. The number of rotatable bonds is 7. The highest BCUT2D eigenvalue weighted by atomic mass is 19.1. The van der Waals surface area contributed by atoms with Gasteiger partial charge in [-0.25, -0.2) is 13.8 Å². The number of fused-ring (bicyclic) bond motifs is 1. The molecule has 1 aromatic carbocycles. The van der Waals surface area contributed by atoms with E-state index in [1.54, 1.807) is 12.3 Å². The third kappa shape index (κ3) is 3.77. The summed E-state index contributed by atoms with van der Waals surface area (Å²) in [7, 11) is 2.92. The van der Waals surface area contributed by atoms with E-state index >= 15 is 4.39 Å². The van der Waals surface area contributed by atoms with Crippen LogP contribution in [0.2, 0.25) is 0 Å². The number of ether oxygens (including phenoxy) is 2. The molecular weight excluding hydrogens is 368 g/mol. The van der Waals surface area contributed by atoms with Crippen LogP contribution in [-0.4, -0.2) is 31.7 Å². The van der Waals surface area contributed by atoms with Crippen LogP contribution < -0.4 is 15.4 Å². The molecule has 3 rings (SSSR count). The second-order valence-electron chi connectivity index (χ2n) is 6.58. The van der Waals surface area contributed by atoms with Crippen LogP contribution in [0.5, 0.6) is 5.75 Å². The Bertz CT molecular complexity index is 876. The SMILES string of the molecule is CCCC(=O)Nc1ccc(F)c(C(OC)C2CNc3ncc(OC)cc32)c1F. The van der Waals surface area contributed by atoms with Crippen LogP contribution in [0.4, 0.5) is 20.3 Å². The minimum atomic E-state index is -0.911. The van der Waals surface area contributed by atoms with E-state index in [9.17, 15) is 9.18 Å². The number of nitrogens with zero attached hydrogens (tertiary/aromatic N) is 1. The van der Waals surface area contributed by atoms with Gasteiger partial charge in [0, 0.05) is 31.6 Å². The normalized spacial score (nSPS) is 16.2. The number of hydrogen-bond donors (Lipinski definition) is 2. The molecule has 0 aliphatic carbocycles. The van der Waals surface area contributed by atoms with Gasteiger partial charge in [-0.2, -0.15) is 0 Å². The van der Waals surface area contributed by atoms with Crippen molar-refractivity contribution in [1.29, 1.82) is 0 Å². The Kier molecular flexibility index (Phi) is 6.08. The maximum absolute atomic E-state index is 15.2. The summed E-state index contributed by atoms with van der Waals surface area (Å²) in [6.45, 7) is 2.25. The van der Waals surface area contributed by atoms with Crippen LogP contribution in [0.15, 0.2) is 24.4 Å². The van der Waals surface area contributed by atoms with Crippen molar-refractivity contribution in [3.63, 3.8) is 0 Å². The monoisotopic (exact) mass is 391 g/mol. The van der Waals surface area contributed by atoms with Gasteiger partial charge in [0.25, 0.3) is 0 Å².